The summed E-state index contributed by atoms with van der Waals surface area (Å²) in [7, 11) is 1.19. The Morgan fingerprint density at radius 1 is 1.04 bits per heavy atom. The third-order valence-corrected chi connectivity index (χ3v) is 6.01. The zero-order valence-corrected chi connectivity index (χ0v) is 16.9. The highest BCUT2D eigenvalue weighted by Crippen LogP contribution is 2.27. The molecule has 3 aromatic rings. The third kappa shape index (κ3) is 3.85. The second kappa shape index (κ2) is 8.00. The lowest BCUT2D eigenvalue weighted by molar-refractivity contribution is 0.0827. The maximum atomic E-state index is 13.4. The van der Waals surface area contributed by atoms with Crippen LogP contribution in [0.2, 0.25) is 0 Å². The van der Waals surface area contributed by atoms with Crippen molar-refractivity contribution < 1.29 is 13.2 Å². The molecule has 0 saturated heterocycles. The molecule has 0 unspecified atom stereocenters. The molecule has 0 aliphatic carbocycles. The fourth-order valence-electron chi connectivity index (χ4n) is 2.98. The van der Waals surface area contributed by atoms with E-state index in [1.165, 1.54) is 21.0 Å². The fraction of sp³-hybridized carbons (Fsp3) is 0.190. The summed E-state index contributed by atoms with van der Waals surface area (Å²) in [5.74, 6) is -0.247. The molecular weight excluding hydrogens is 374 g/mol. The molecule has 3 rings (SSSR count). The first-order valence-corrected chi connectivity index (χ1v) is 10.3. The summed E-state index contributed by atoms with van der Waals surface area (Å²) in [6, 6.07) is 17.4. The van der Waals surface area contributed by atoms with Gasteiger partial charge in [-0.1, -0.05) is 36.4 Å². The molecule has 0 aliphatic rings. The molecule has 0 spiro atoms. The minimum Gasteiger partial charge on any atom is -0.345 e. The molecule has 2 aromatic carbocycles. The molecule has 0 aliphatic heterocycles. The van der Waals surface area contributed by atoms with Crippen LogP contribution in [0, 0.1) is 0 Å². The lowest BCUT2D eigenvalue weighted by atomic mass is 10.1. The number of aromatic nitrogens is 1. The second-order valence-corrected chi connectivity index (χ2v) is 8.47. The maximum Gasteiger partial charge on any atom is 0.268 e. The van der Waals surface area contributed by atoms with E-state index in [9.17, 15) is 13.2 Å². The van der Waals surface area contributed by atoms with Crippen molar-refractivity contribution >= 4 is 15.9 Å². The molecule has 0 fully saturated rings. The van der Waals surface area contributed by atoms with E-state index in [-0.39, 0.29) is 10.8 Å². The van der Waals surface area contributed by atoms with Crippen molar-refractivity contribution in [2.75, 3.05) is 21.1 Å². The first-order chi connectivity index (χ1) is 13.3. The Hall–Kier alpha value is -2.90. The van der Waals surface area contributed by atoms with Crippen LogP contribution >= 0.6 is 0 Å². The van der Waals surface area contributed by atoms with Crippen molar-refractivity contribution in [2.45, 2.75) is 11.4 Å². The van der Waals surface area contributed by atoms with Gasteiger partial charge < -0.3 is 10.2 Å². The van der Waals surface area contributed by atoms with Gasteiger partial charge in [-0.05, 0) is 42.4 Å². The molecule has 7 heteroatoms. The Morgan fingerprint density at radius 2 is 1.75 bits per heavy atom. The van der Waals surface area contributed by atoms with Gasteiger partial charge in [0.05, 0.1) is 10.6 Å². The lowest BCUT2D eigenvalue weighted by Crippen LogP contribution is -2.22. The quantitative estimate of drug-likeness (QED) is 0.694. The van der Waals surface area contributed by atoms with Crippen LogP contribution in [0.1, 0.15) is 15.9 Å². The van der Waals surface area contributed by atoms with Crippen molar-refractivity contribution in [3.05, 3.63) is 78.0 Å². The highest BCUT2D eigenvalue weighted by Gasteiger charge is 2.23. The van der Waals surface area contributed by atoms with Gasteiger partial charge >= 0.3 is 0 Å². The molecule has 28 heavy (non-hydrogen) atoms. The van der Waals surface area contributed by atoms with Crippen LogP contribution in [0.4, 0.5) is 0 Å². The third-order valence-electron chi connectivity index (χ3n) is 4.34. The van der Waals surface area contributed by atoms with Crippen molar-refractivity contribution in [3.8, 4) is 11.3 Å². The molecule has 1 aromatic heterocycles. The summed E-state index contributed by atoms with van der Waals surface area (Å²) in [5.41, 5.74) is 2.56. The number of nitrogens with one attached hydrogen (secondary N) is 1. The molecule has 0 bridgehead atoms. The van der Waals surface area contributed by atoms with Gasteiger partial charge in [0.2, 0.25) is 0 Å². The smallest absolute Gasteiger partial charge is 0.268 e. The Balaban J connectivity index is 2.14. The number of rotatable bonds is 6. The van der Waals surface area contributed by atoms with Crippen molar-refractivity contribution in [3.63, 3.8) is 0 Å². The number of benzene rings is 2. The summed E-state index contributed by atoms with van der Waals surface area (Å²) in [4.78, 5) is 13.7. The Kier molecular flexibility index (Phi) is 5.67. The molecule has 1 N–H and O–H groups in total. The maximum absolute atomic E-state index is 13.4. The largest absolute Gasteiger partial charge is 0.345 e. The van der Waals surface area contributed by atoms with E-state index in [1.54, 1.807) is 32.4 Å². The number of hydrogen-bond acceptors (Lipinski definition) is 4. The molecule has 6 nitrogen and oxygen atoms in total. The van der Waals surface area contributed by atoms with Crippen molar-refractivity contribution in [1.29, 1.82) is 0 Å². The summed E-state index contributed by atoms with van der Waals surface area (Å²) in [6.07, 6.45) is 1.62. The average molecular weight is 398 g/mol. The zero-order chi connectivity index (χ0) is 20.3. The van der Waals surface area contributed by atoms with E-state index < -0.39 is 10.0 Å². The topological polar surface area (TPSA) is 71.4 Å². The zero-order valence-electron chi connectivity index (χ0n) is 16.1. The Bertz CT molecular complexity index is 1090. The van der Waals surface area contributed by atoms with Gasteiger partial charge in [0.15, 0.2) is 0 Å². The second-order valence-electron chi connectivity index (χ2n) is 6.66. The van der Waals surface area contributed by atoms with E-state index in [0.717, 1.165) is 11.1 Å². The number of carbonyl (C=O) groups excluding carboxylic acids is 1. The summed E-state index contributed by atoms with van der Waals surface area (Å²) < 4.78 is 28.1. The molecule has 1 amide bonds. The molecule has 0 radical (unpaired) electrons. The van der Waals surface area contributed by atoms with E-state index in [1.807, 2.05) is 43.4 Å². The van der Waals surface area contributed by atoms with Gasteiger partial charge in [0.1, 0.15) is 0 Å². The van der Waals surface area contributed by atoms with Gasteiger partial charge in [-0.15, -0.1) is 0 Å². The standard InChI is InChI=1S/C21H23N3O3S/c1-22-14-16-12-20(17-8-5-4-6-9-17)24(15-16)28(26,27)19-11-7-10-18(13-19)21(25)23(2)3/h4-13,15,22H,14H2,1-3H3. The minimum atomic E-state index is -3.88. The highest BCUT2D eigenvalue weighted by atomic mass is 32.2. The van der Waals surface area contributed by atoms with Crippen LogP contribution in [-0.2, 0) is 16.6 Å². The van der Waals surface area contributed by atoms with E-state index in [2.05, 4.69) is 5.32 Å². The molecule has 0 saturated carbocycles. The van der Waals surface area contributed by atoms with Crippen molar-refractivity contribution in [2.24, 2.45) is 0 Å². The summed E-state index contributed by atoms with van der Waals surface area (Å²) in [6.45, 7) is 0.543. The van der Waals surface area contributed by atoms with E-state index >= 15 is 0 Å². The molecule has 1 heterocycles. The normalized spacial score (nSPS) is 11.4. The lowest BCUT2D eigenvalue weighted by Gasteiger charge is -2.13. The predicted octanol–water partition coefficient (Wildman–Crippen LogP) is 2.81. The fourth-order valence-corrected chi connectivity index (χ4v) is 4.42. The van der Waals surface area contributed by atoms with Gasteiger partial charge in [-0.25, -0.2) is 12.4 Å². The van der Waals surface area contributed by atoms with Gasteiger partial charge in [0.25, 0.3) is 15.9 Å². The number of amides is 1. The van der Waals surface area contributed by atoms with Crippen molar-refractivity contribution in [1.82, 2.24) is 14.2 Å². The monoisotopic (exact) mass is 397 g/mol. The summed E-state index contributed by atoms with van der Waals surface area (Å²) >= 11 is 0. The van der Waals surface area contributed by atoms with Crippen LogP contribution in [0.5, 0.6) is 0 Å². The van der Waals surface area contributed by atoms with Crippen LogP contribution in [0.15, 0.2) is 71.8 Å². The molecular formula is C21H23N3O3S. The summed E-state index contributed by atoms with van der Waals surface area (Å²) in [5, 5.41) is 3.05. The SMILES string of the molecule is CNCc1cc(-c2ccccc2)n(S(=O)(=O)c2cccc(C(=O)N(C)C)c2)c1. The molecule has 146 valence electrons. The number of carbonyl (C=O) groups is 1. The van der Waals surface area contributed by atoms with E-state index in [0.29, 0.717) is 17.8 Å². The number of hydrogen-bond donors (Lipinski definition) is 1. The van der Waals surface area contributed by atoms with Crippen LogP contribution in [-0.4, -0.2) is 44.3 Å². The van der Waals surface area contributed by atoms with E-state index in [4.69, 9.17) is 0 Å². The minimum absolute atomic E-state index is 0.0731. The first kappa shape index (κ1) is 19.9. The van der Waals surface area contributed by atoms with Gasteiger partial charge in [-0.3, -0.25) is 4.79 Å². The van der Waals surface area contributed by atoms with Gasteiger partial charge in [0, 0.05) is 32.4 Å². The Labute approximate surface area is 165 Å². The molecule has 0 atom stereocenters. The van der Waals surface area contributed by atoms with Crippen LogP contribution in [0.25, 0.3) is 11.3 Å². The predicted molar refractivity (Wildman–Crippen MR) is 110 cm³/mol. The van der Waals surface area contributed by atoms with Crippen LogP contribution in [0.3, 0.4) is 0 Å². The average Bonchev–Trinajstić information content (AvgIpc) is 3.13. The van der Waals surface area contributed by atoms with Crippen LogP contribution < -0.4 is 5.32 Å². The number of nitrogens with zero attached hydrogens (tertiary/aromatic N) is 2. The Morgan fingerprint density at radius 3 is 2.39 bits per heavy atom. The highest BCUT2D eigenvalue weighted by molar-refractivity contribution is 7.90. The first-order valence-electron chi connectivity index (χ1n) is 8.83. The van der Waals surface area contributed by atoms with Gasteiger partial charge in [-0.2, -0.15) is 0 Å².